The van der Waals surface area contributed by atoms with Gasteiger partial charge in [-0.2, -0.15) is 0 Å². The van der Waals surface area contributed by atoms with Crippen LogP contribution in [0.5, 0.6) is 0 Å². The van der Waals surface area contributed by atoms with Gasteiger partial charge in [-0.25, -0.2) is 0 Å². The van der Waals surface area contributed by atoms with Crippen molar-refractivity contribution in [3.05, 3.63) is 35.9 Å². The third kappa shape index (κ3) is 3.78. The number of carbonyl (C=O) groups excluding carboxylic acids is 2. The van der Waals surface area contributed by atoms with Gasteiger partial charge in [0.25, 0.3) is 5.91 Å². The first-order chi connectivity index (χ1) is 11.7. The number of hydrogen-bond donors (Lipinski definition) is 1. The number of carbonyl (C=O) groups is 2. The monoisotopic (exact) mass is 331 g/mol. The molecule has 5 heteroatoms. The van der Waals surface area contributed by atoms with Gasteiger partial charge >= 0.3 is 5.97 Å². The van der Waals surface area contributed by atoms with Crippen molar-refractivity contribution >= 4 is 11.9 Å². The quantitative estimate of drug-likeness (QED) is 0.813. The largest absolute Gasteiger partial charge is 0.455 e. The van der Waals surface area contributed by atoms with Crippen LogP contribution in [0.2, 0.25) is 0 Å². The molecule has 1 aromatic rings. The number of ether oxygens (including phenoxy) is 2. The summed E-state index contributed by atoms with van der Waals surface area (Å²) >= 11 is 0. The molecule has 1 atom stereocenters. The number of benzene rings is 1. The maximum Gasteiger partial charge on any atom is 0.317 e. The van der Waals surface area contributed by atoms with E-state index in [9.17, 15) is 9.59 Å². The predicted octanol–water partition coefficient (Wildman–Crippen LogP) is 2.34. The Morgan fingerprint density at radius 1 is 1.17 bits per heavy atom. The molecule has 24 heavy (non-hydrogen) atoms. The molecule has 0 radical (unpaired) electrons. The summed E-state index contributed by atoms with van der Waals surface area (Å²) in [7, 11) is 0. The van der Waals surface area contributed by atoms with E-state index >= 15 is 0 Å². The third-order valence-electron chi connectivity index (χ3n) is 5.06. The Morgan fingerprint density at radius 2 is 1.92 bits per heavy atom. The highest BCUT2D eigenvalue weighted by molar-refractivity contribution is 5.86. The van der Waals surface area contributed by atoms with Crippen molar-refractivity contribution in [2.24, 2.45) is 0 Å². The highest BCUT2D eigenvalue weighted by Gasteiger charge is 2.44. The second-order valence-electron chi connectivity index (χ2n) is 6.67. The Kier molecular flexibility index (Phi) is 5.51. The summed E-state index contributed by atoms with van der Waals surface area (Å²) in [6.07, 6.45) is 5.69. The number of amides is 1. The molecule has 0 unspecified atom stereocenters. The Bertz CT molecular complexity index is 560. The van der Waals surface area contributed by atoms with Crippen LogP contribution in [-0.4, -0.2) is 37.7 Å². The van der Waals surface area contributed by atoms with Gasteiger partial charge in [0.2, 0.25) is 0 Å². The molecular formula is C19H25NO4. The first kappa shape index (κ1) is 17.0. The van der Waals surface area contributed by atoms with E-state index in [0.717, 1.165) is 50.7 Å². The van der Waals surface area contributed by atoms with Crippen molar-refractivity contribution in [1.82, 2.24) is 5.32 Å². The zero-order chi connectivity index (χ0) is 16.8. The van der Waals surface area contributed by atoms with Gasteiger partial charge in [-0.15, -0.1) is 0 Å². The van der Waals surface area contributed by atoms with Crippen molar-refractivity contribution < 1.29 is 19.1 Å². The zero-order valence-corrected chi connectivity index (χ0v) is 14.0. The topological polar surface area (TPSA) is 64.6 Å². The summed E-state index contributed by atoms with van der Waals surface area (Å²) in [5.41, 5.74) is 0.406. The van der Waals surface area contributed by atoms with Gasteiger partial charge in [0.1, 0.15) is 0 Å². The van der Waals surface area contributed by atoms with Crippen LogP contribution in [-0.2, 0) is 24.5 Å². The van der Waals surface area contributed by atoms with Crippen molar-refractivity contribution in [2.75, 3.05) is 19.8 Å². The summed E-state index contributed by atoms with van der Waals surface area (Å²) in [5, 5.41) is 2.78. The van der Waals surface area contributed by atoms with Crippen LogP contribution < -0.4 is 5.32 Å². The van der Waals surface area contributed by atoms with E-state index in [4.69, 9.17) is 9.47 Å². The lowest BCUT2D eigenvalue weighted by Crippen LogP contribution is -2.39. The second-order valence-corrected chi connectivity index (χ2v) is 6.67. The molecule has 2 aliphatic rings. The van der Waals surface area contributed by atoms with Gasteiger partial charge in [-0.05, 0) is 31.2 Å². The molecule has 1 amide bonds. The molecule has 0 spiro atoms. The second kappa shape index (κ2) is 7.79. The fourth-order valence-corrected chi connectivity index (χ4v) is 3.70. The van der Waals surface area contributed by atoms with Crippen molar-refractivity contribution in [1.29, 1.82) is 0 Å². The highest BCUT2D eigenvalue weighted by Crippen LogP contribution is 2.42. The molecule has 1 N–H and O–H groups in total. The average Bonchev–Trinajstić information content (AvgIpc) is 3.30. The lowest BCUT2D eigenvalue weighted by Gasteiger charge is -2.27. The van der Waals surface area contributed by atoms with E-state index in [1.54, 1.807) is 0 Å². The summed E-state index contributed by atoms with van der Waals surface area (Å²) in [6, 6.07) is 9.78. The molecule has 2 fully saturated rings. The SMILES string of the molecule is O=C(COC(=O)C1(c2ccccc2)CCCC1)NC[C@@H]1CCCO1. The Balaban J connectivity index is 1.53. The Morgan fingerprint density at radius 3 is 2.58 bits per heavy atom. The molecule has 1 aromatic carbocycles. The molecular weight excluding hydrogens is 306 g/mol. The van der Waals surface area contributed by atoms with Gasteiger partial charge in [-0.1, -0.05) is 43.2 Å². The minimum absolute atomic E-state index is 0.0927. The zero-order valence-electron chi connectivity index (χ0n) is 14.0. The van der Waals surface area contributed by atoms with Crippen LogP contribution in [0.1, 0.15) is 44.1 Å². The lowest BCUT2D eigenvalue weighted by molar-refractivity contribution is -0.154. The fraction of sp³-hybridized carbons (Fsp3) is 0.579. The molecule has 130 valence electrons. The molecule has 1 heterocycles. The molecule has 1 saturated heterocycles. The van der Waals surface area contributed by atoms with E-state index in [1.807, 2.05) is 30.3 Å². The summed E-state index contributed by atoms with van der Waals surface area (Å²) in [4.78, 5) is 24.6. The number of esters is 1. The van der Waals surface area contributed by atoms with E-state index < -0.39 is 5.41 Å². The number of rotatable bonds is 6. The van der Waals surface area contributed by atoms with Crippen molar-refractivity contribution in [3.8, 4) is 0 Å². The maximum atomic E-state index is 12.7. The molecule has 5 nitrogen and oxygen atoms in total. The van der Waals surface area contributed by atoms with E-state index in [-0.39, 0.29) is 24.6 Å². The van der Waals surface area contributed by atoms with Gasteiger partial charge in [0.05, 0.1) is 11.5 Å². The Hall–Kier alpha value is -1.88. The fourth-order valence-electron chi connectivity index (χ4n) is 3.70. The van der Waals surface area contributed by atoms with Crippen LogP contribution in [0.4, 0.5) is 0 Å². The van der Waals surface area contributed by atoms with Crippen LogP contribution in [0.25, 0.3) is 0 Å². The van der Waals surface area contributed by atoms with E-state index in [2.05, 4.69) is 5.32 Å². The summed E-state index contributed by atoms with van der Waals surface area (Å²) < 4.78 is 10.8. The first-order valence-corrected chi connectivity index (χ1v) is 8.82. The third-order valence-corrected chi connectivity index (χ3v) is 5.06. The molecule has 1 aliphatic heterocycles. The molecule has 0 aromatic heterocycles. The van der Waals surface area contributed by atoms with Crippen LogP contribution >= 0.6 is 0 Å². The van der Waals surface area contributed by atoms with Gasteiger partial charge < -0.3 is 14.8 Å². The highest BCUT2D eigenvalue weighted by atomic mass is 16.5. The molecule has 1 saturated carbocycles. The minimum atomic E-state index is -0.587. The molecule has 3 rings (SSSR count). The number of nitrogens with one attached hydrogen (secondary N) is 1. The van der Waals surface area contributed by atoms with Gasteiger partial charge in [0.15, 0.2) is 6.61 Å². The Labute approximate surface area is 142 Å². The van der Waals surface area contributed by atoms with Gasteiger partial charge in [-0.3, -0.25) is 9.59 Å². The lowest BCUT2D eigenvalue weighted by atomic mass is 9.79. The molecule has 0 bridgehead atoms. The summed E-state index contributed by atoms with van der Waals surface area (Å²) in [5.74, 6) is -0.543. The van der Waals surface area contributed by atoms with Crippen molar-refractivity contribution in [2.45, 2.75) is 50.0 Å². The average molecular weight is 331 g/mol. The smallest absolute Gasteiger partial charge is 0.317 e. The minimum Gasteiger partial charge on any atom is -0.455 e. The van der Waals surface area contributed by atoms with Gasteiger partial charge in [0, 0.05) is 13.2 Å². The van der Waals surface area contributed by atoms with E-state index in [0.29, 0.717) is 6.54 Å². The predicted molar refractivity (Wildman–Crippen MR) is 89.5 cm³/mol. The first-order valence-electron chi connectivity index (χ1n) is 8.82. The standard InChI is InChI=1S/C19H25NO4/c21-17(20-13-16-9-6-12-23-16)14-24-18(22)19(10-4-5-11-19)15-7-2-1-3-8-15/h1-3,7-8,16H,4-6,9-14H2,(H,20,21)/t16-/m0/s1. The van der Waals surface area contributed by atoms with Crippen molar-refractivity contribution in [3.63, 3.8) is 0 Å². The van der Waals surface area contributed by atoms with Crippen LogP contribution in [0.3, 0.4) is 0 Å². The molecule has 1 aliphatic carbocycles. The summed E-state index contributed by atoms with van der Waals surface area (Å²) in [6.45, 7) is 1.02. The normalized spacial score (nSPS) is 22.2. The maximum absolute atomic E-state index is 12.7. The number of hydrogen-bond acceptors (Lipinski definition) is 4. The van der Waals surface area contributed by atoms with Crippen LogP contribution in [0, 0.1) is 0 Å². The van der Waals surface area contributed by atoms with E-state index in [1.165, 1.54) is 0 Å². The van der Waals surface area contributed by atoms with Crippen LogP contribution in [0.15, 0.2) is 30.3 Å².